The molecular weight excluding hydrogens is 310 g/mol. The normalized spacial score (nSPS) is 16.3. The second-order valence-corrected chi connectivity index (χ2v) is 6.57. The third kappa shape index (κ3) is 3.88. The summed E-state index contributed by atoms with van der Waals surface area (Å²) < 4.78 is 0. The van der Waals surface area contributed by atoms with Crippen molar-refractivity contribution in [2.45, 2.75) is 38.6 Å². The molecule has 1 aromatic heterocycles. The van der Waals surface area contributed by atoms with Crippen LogP contribution in [-0.2, 0) is 0 Å². The molecule has 1 aromatic carbocycles. The fraction of sp³-hybridized carbons (Fsp3) is 0.389. The van der Waals surface area contributed by atoms with Crippen molar-refractivity contribution in [3.8, 4) is 0 Å². The molecule has 0 bridgehead atoms. The number of halogens is 1. The van der Waals surface area contributed by atoms with Crippen LogP contribution in [0.25, 0.3) is 0 Å². The number of carbonyl (C=O) groups is 1. The summed E-state index contributed by atoms with van der Waals surface area (Å²) in [6.45, 7) is 1.83. The maximum absolute atomic E-state index is 12.6. The first-order valence-corrected chi connectivity index (χ1v) is 8.37. The molecule has 1 aliphatic rings. The fourth-order valence-corrected chi connectivity index (χ4v) is 3.48. The number of rotatable bonds is 4. The monoisotopic (exact) mass is 329 g/mol. The summed E-state index contributed by atoms with van der Waals surface area (Å²) in [4.78, 5) is 12.6. The number of aromatic nitrogens is 2. The van der Waals surface area contributed by atoms with Gasteiger partial charge in [0.2, 0.25) is 0 Å². The molecule has 120 valence electrons. The lowest BCUT2D eigenvalue weighted by Crippen LogP contribution is -2.33. The van der Waals surface area contributed by atoms with E-state index in [-0.39, 0.29) is 11.9 Å². The minimum absolute atomic E-state index is 0.0165. The van der Waals surface area contributed by atoms with E-state index in [9.17, 15) is 4.79 Å². The van der Waals surface area contributed by atoms with Gasteiger partial charge >= 0.3 is 0 Å². The van der Waals surface area contributed by atoms with Gasteiger partial charge in [-0.25, -0.2) is 0 Å². The first-order valence-electron chi connectivity index (χ1n) is 7.99. The Bertz CT molecular complexity index is 698. The molecule has 1 heterocycles. The number of hydrogen-bond donors (Lipinski definition) is 1. The van der Waals surface area contributed by atoms with E-state index < -0.39 is 0 Å². The van der Waals surface area contributed by atoms with E-state index in [2.05, 4.69) is 15.5 Å². The van der Waals surface area contributed by atoms with Crippen LogP contribution in [0, 0.1) is 12.8 Å². The number of aryl methyl sites for hydroxylation is 1. The van der Waals surface area contributed by atoms with Crippen LogP contribution in [0.2, 0.25) is 5.02 Å². The molecule has 1 aliphatic carbocycles. The van der Waals surface area contributed by atoms with Gasteiger partial charge in [-0.05, 0) is 49.4 Å². The van der Waals surface area contributed by atoms with Gasteiger partial charge in [-0.2, -0.15) is 10.2 Å². The lowest BCUT2D eigenvalue weighted by molar-refractivity contribution is 0.0921. The number of nitrogens with one attached hydrogen (secondary N) is 1. The van der Waals surface area contributed by atoms with Gasteiger partial charge in [-0.3, -0.25) is 4.79 Å². The predicted molar refractivity (Wildman–Crippen MR) is 90.4 cm³/mol. The van der Waals surface area contributed by atoms with Crippen LogP contribution in [0.15, 0.2) is 36.5 Å². The summed E-state index contributed by atoms with van der Waals surface area (Å²) in [5, 5.41) is 11.6. The van der Waals surface area contributed by atoms with Crippen molar-refractivity contribution in [2.75, 3.05) is 0 Å². The van der Waals surface area contributed by atoms with Crippen LogP contribution in [0.3, 0.4) is 0 Å². The Balaban J connectivity index is 1.85. The Morgan fingerprint density at radius 2 is 2.09 bits per heavy atom. The van der Waals surface area contributed by atoms with Crippen LogP contribution in [0.1, 0.15) is 53.3 Å². The quantitative estimate of drug-likeness (QED) is 0.918. The summed E-state index contributed by atoms with van der Waals surface area (Å²) in [6.07, 6.45) is 6.20. The minimum atomic E-state index is -0.111. The Morgan fingerprint density at radius 1 is 1.30 bits per heavy atom. The van der Waals surface area contributed by atoms with Crippen LogP contribution in [0.4, 0.5) is 0 Å². The van der Waals surface area contributed by atoms with Crippen molar-refractivity contribution < 1.29 is 4.79 Å². The molecular formula is C18H20ClN3O. The molecule has 1 amide bonds. The van der Waals surface area contributed by atoms with Crippen LogP contribution < -0.4 is 5.32 Å². The summed E-state index contributed by atoms with van der Waals surface area (Å²) in [7, 11) is 0. The van der Waals surface area contributed by atoms with E-state index in [0.717, 1.165) is 24.1 Å². The zero-order valence-corrected chi connectivity index (χ0v) is 13.9. The van der Waals surface area contributed by atoms with Crippen LogP contribution in [-0.4, -0.2) is 16.1 Å². The van der Waals surface area contributed by atoms with Crippen molar-refractivity contribution >= 4 is 17.5 Å². The highest BCUT2D eigenvalue weighted by Gasteiger charge is 2.28. The first kappa shape index (κ1) is 15.9. The summed E-state index contributed by atoms with van der Waals surface area (Å²) in [6, 6.07) is 9.51. The highest BCUT2D eigenvalue weighted by molar-refractivity contribution is 6.30. The van der Waals surface area contributed by atoms with Crippen molar-refractivity contribution in [3.63, 3.8) is 0 Å². The Hall–Kier alpha value is -1.94. The lowest BCUT2D eigenvalue weighted by atomic mass is 9.91. The van der Waals surface area contributed by atoms with Gasteiger partial charge in [0, 0.05) is 5.02 Å². The molecule has 1 atom stereocenters. The number of carbonyl (C=O) groups excluding carboxylic acids is 1. The summed E-state index contributed by atoms with van der Waals surface area (Å²) >= 11 is 6.14. The van der Waals surface area contributed by atoms with Gasteiger partial charge in [0.1, 0.15) is 0 Å². The average Bonchev–Trinajstić information content (AvgIpc) is 3.06. The summed E-state index contributed by atoms with van der Waals surface area (Å²) in [5.74, 6) is 0.341. The third-order valence-corrected chi connectivity index (χ3v) is 4.64. The van der Waals surface area contributed by atoms with E-state index in [4.69, 9.17) is 11.6 Å². The molecule has 1 N–H and O–H groups in total. The van der Waals surface area contributed by atoms with Gasteiger partial charge in [0.05, 0.1) is 23.5 Å². The molecule has 0 radical (unpaired) electrons. The van der Waals surface area contributed by atoms with Gasteiger partial charge in [-0.1, -0.05) is 36.6 Å². The maximum atomic E-state index is 12.6. The van der Waals surface area contributed by atoms with Gasteiger partial charge in [0.25, 0.3) is 5.91 Å². The van der Waals surface area contributed by atoms with E-state index in [0.29, 0.717) is 16.5 Å². The highest BCUT2D eigenvalue weighted by Crippen LogP contribution is 2.36. The molecule has 3 rings (SSSR count). The van der Waals surface area contributed by atoms with Gasteiger partial charge in [0.15, 0.2) is 0 Å². The number of nitrogens with zero attached hydrogens (tertiary/aromatic N) is 2. The third-order valence-electron chi connectivity index (χ3n) is 4.40. The molecule has 1 unspecified atom stereocenters. The van der Waals surface area contributed by atoms with Crippen molar-refractivity contribution in [2.24, 2.45) is 5.92 Å². The fourth-order valence-electron chi connectivity index (χ4n) is 3.29. The molecule has 0 saturated heterocycles. The topological polar surface area (TPSA) is 54.9 Å². The number of amides is 1. The Labute approximate surface area is 141 Å². The Kier molecular flexibility index (Phi) is 4.91. The van der Waals surface area contributed by atoms with Gasteiger partial charge < -0.3 is 5.32 Å². The SMILES string of the molecule is Cc1cc(C(=O)NC(c2cccc(Cl)c2)C2CCCC2)cnn1. The first-order chi connectivity index (χ1) is 11.1. The molecule has 1 saturated carbocycles. The molecule has 5 heteroatoms. The smallest absolute Gasteiger partial charge is 0.253 e. The van der Waals surface area contributed by atoms with Crippen LogP contribution in [0.5, 0.6) is 0 Å². The van der Waals surface area contributed by atoms with Crippen molar-refractivity contribution in [1.82, 2.24) is 15.5 Å². The maximum Gasteiger partial charge on any atom is 0.253 e. The second-order valence-electron chi connectivity index (χ2n) is 6.14. The molecule has 23 heavy (non-hydrogen) atoms. The molecule has 0 aliphatic heterocycles. The second kappa shape index (κ2) is 7.09. The van der Waals surface area contributed by atoms with E-state index >= 15 is 0 Å². The number of hydrogen-bond acceptors (Lipinski definition) is 3. The Morgan fingerprint density at radius 3 is 2.78 bits per heavy atom. The highest BCUT2D eigenvalue weighted by atomic mass is 35.5. The van der Waals surface area contributed by atoms with Crippen LogP contribution >= 0.6 is 11.6 Å². The molecule has 1 fully saturated rings. The van der Waals surface area contributed by atoms with E-state index in [1.54, 1.807) is 6.07 Å². The van der Waals surface area contributed by atoms with Crippen molar-refractivity contribution in [3.05, 3.63) is 58.4 Å². The largest absolute Gasteiger partial charge is 0.345 e. The standard InChI is InChI=1S/C18H20ClN3O/c1-12-9-15(11-20-22-12)18(23)21-17(13-5-2-3-6-13)14-7-4-8-16(19)10-14/h4,7-11,13,17H,2-3,5-6H2,1H3,(H,21,23). The van der Waals surface area contributed by atoms with E-state index in [1.807, 2.05) is 31.2 Å². The zero-order valence-electron chi connectivity index (χ0n) is 13.1. The average molecular weight is 330 g/mol. The summed E-state index contributed by atoms with van der Waals surface area (Å²) in [5.41, 5.74) is 2.34. The zero-order chi connectivity index (χ0) is 16.2. The molecule has 2 aromatic rings. The van der Waals surface area contributed by atoms with Gasteiger partial charge in [-0.15, -0.1) is 0 Å². The van der Waals surface area contributed by atoms with Crippen molar-refractivity contribution in [1.29, 1.82) is 0 Å². The van der Waals surface area contributed by atoms with E-state index in [1.165, 1.54) is 19.0 Å². The minimum Gasteiger partial charge on any atom is -0.345 e. The predicted octanol–water partition coefficient (Wildman–Crippen LogP) is 4.10. The molecule has 0 spiro atoms. The number of benzene rings is 1. The molecule has 4 nitrogen and oxygen atoms in total. The lowest BCUT2D eigenvalue weighted by Gasteiger charge is -2.25.